The lowest BCUT2D eigenvalue weighted by molar-refractivity contribution is 0.266. The third-order valence-corrected chi connectivity index (χ3v) is 4.42. The Morgan fingerprint density at radius 2 is 1.59 bits per heavy atom. The fourth-order valence-corrected chi connectivity index (χ4v) is 3.60. The van der Waals surface area contributed by atoms with Crippen molar-refractivity contribution in [3.8, 4) is 0 Å². The first-order chi connectivity index (χ1) is 8.31. The van der Waals surface area contributed by atoms with Crippen LogP contribution in [0.5, 0.6) is 0 Å². The van der Waals surface area contributed by atoms with Crippen molar-refractivity contribution in [3.63, 3.8) is 0 Å². The quantitative estimate of drug-likeness (QED) is 0.611. The van der Waals surface area contributed by atoms with Crippen molar-refractivity contribution in [2.75, 3.05) is 6.54 Å². The fourth-order valence-electron chi connectivity index (χ4n) is 3.60. The Morgan fingerprint density at radius 3 is 2.06 bits per heavy atom. The van der Waals surface area contributed by atoms with Gasteiger partial charge in [0, 0.05) is 6.04 Å². The summed E-state index contributed by atoms with van der Waals surface area (Å²) < 4.78 is 0. The molecule has 0 amide bonds. The molecule has 0 spiro atoms. The van der Waals surface area contributed by atoms with Gasteiger partial charge in [-0.3, -0.25) is 0 Å². The molecule has 0 radical (unpaired) electrons. The first kappa shape index (κ1) is 15.0. The van der Waals surface area contributed by atoms with Crippen molar-refractivity contribution < 1.29 is 0 Å². The molecule has 1 aliphatic carbocycles. The molecule has 0 saturated heterocycles. The zero-order valence-corrected chi connectivity index (χ0v) is 12.3. The predicted octanol–water partition coefficient (Wildman–Crippen LogP) is 4.76. The lowest BCUT2D eigenvalue weighted by Crippen LogP contribution is -2.37. The normalized spacial score (nSPS) is 19.1. The van der Waals surface area contributed by atoms with Gasteiger partial charge in [0.2, 0.25) is 0 Å². The van der Waals surface area contributed by atoms with E-state index >= 15 is 0 Å². The molecule has 1 fully saturated rings. The third kappa shape index (κ3) is 5.42. The summed E-state index contributed by atoms with van der Waals surface area (Å²) in [7, 11) is 0. The minimum Gasteiger partial charge on any atom is -0.314 e. The molecule has 17 heavy (non-hydrogen) atoms. The van der Waals surface area contributed by atoms with E-state index in [-0.39, 0.29) is 0 Å². The van der Waals surface area contributed by atoms with Crippen molar-refractivity contribution in [3.05, 3.63) is 0 Å². The van der Waals surface area contributed by atoms with Crippen LogP contribution in [0.3, 0.4) is 0 Å². The summed E-state index contributed by atoms with van der Waals surface area (Å²) in [5.74, 6) is 1.95. The summed E-state index contributed by atoms with van der Waals surface area (Å²) in [6, 6.07) is 0.794. The first-order valence-electron chi connectivity index (χ1n) is 8.05. The monoisotopic (exact) mass is 239 g/mol. The Kier molecular flexibility index (Phi) is 7.92. The molecule has 0 aromatic carbocycles. The highest BCUT2D eigenvalue weighted by atomic mass is 14.9. The molecular formula is C16H33N. The molecule has 0 aromatic rings. The Morgan fingerprint density at radius 1 is 1.00 bits per heavy atom. The Labute approximate surface area is 109 Å². The molecule has 0 bridgehead atoms. The topological polar surface area (TPSA) is 12.0 Å². The highest BCUT2D eigenvalue weighted by Crippen LogP contribution is 2.32. The molecule has 102 valence electrons. The van der Waals surface area contributed by atoms with E-state index in [1.807, 2.05) is 0 Å². The second-order valence-corrected chi connectivity index (χ2v) is 5.89. The van der Waals surface area contributed by atoms with E-state index in [4.69, 9.17) is 0 Å². The summed E-state index contributed by atoms with van der Waals surface area (Å²) in [5.41, 5.74) is 0. The minimum atomic E-state index is 0.794. The Bertz CT molecular complexity index is 166. The Hall–Kier alpha value is -0.0400. The van der Waals surface area contributed by atoms with Crippen LogP contribution in [0.4, 0.5) is 0 Å². The maximum atomic E-state index is 3.78. The van der Waals surface area contributed by atoms with Crippen molar-refractivity contribution in [1.82, 2.24) is 5.32 Å². The van der Waals surface area contributed by atoms with Gasteiger partial charge in [-0.15, -0.1) is 0 Å². The fraction of sp³-hybridized carbons (Fsp3) is 1.00. The van der Waals surface area contributed by atoms with Gasteiger partial charge in [0.1, 0.15) is 0 Å². The van der Waals surface area contributed by atoms with Crippen LogP contribution >= 0.6 is 0 Å². The van der Waals surface area contributed by atoms with Crippen LogP contribution < -0.4 is 5.32 Å². The molecule has 1 heteroatoms. The van der Waals surface area contributed by atoms with Gasteiger partial charge in [-0.25, -0.2) is 0 Å². The standard InChI is InChI=1S/C16H33N/c1-4-9-15(10-5-2)16(17-6-3)13-14-11-7-8-12-14/h14-17H,4-13H2,1-3H3. The second-order valence-electron chi connectivity index (χ2n) is 5.89. The average Bonchev–Trinajstić information content (AvgIpc) is 2.81. The SMILES string of the molecule is CCCC(CCC)C(CC1CCCC1)NCC. The zero-order valence-electron chi connectivity index (χ0n) is 12.3. The molecule has 1 nitrogen and oxygen atoms in total. The summed E-state index contributed by atoms with van der Waals surface area (Å²) in [4.78, 5) is 0. The van der Waals surface area contributed by atoms with Crippen LogP contribution in [-0.2, 0) is 0 Å². The van der Waals surface area contributed by atoms with E-state index in [2.05, 4.69) is 26.1 Å². The number of rotatable bonds is 9. The molecule has 0 aromatic heterocycles. The van der Waals surface area contributed by atoms with Crippen LogP contribution in [0.25, 0.3) is 0 Å². The van der Waals surface area contributed by atoms with Gasteiger partial charge in [0.15, 0.2) is 0 Å². The number of hydrogen-bond donors (Lipinski definition) is 1. The number of hydrogen-bond acceptors (Lipinski definition) is 1. The van der Waals surface area contributed by atoms with Crippen LogP contribution in [0.1, 0.15) is 78.6 Å². The van der Waals surface area contributed by atoms with Crippen molar-refractivity contribution in [2.24, 2.45) is 11.8 Å². The van der Waals surface area contributed by atoms with Crippen molar-refractivity contribution >= 4 is 0 Å². The van der Waals surface area contributed by atoms with Crippen LogP contribution in [0.2, 0.25) is 0 Å². The van der Waals surface area contributed by atoms with Crippen LogP contribution in [0, 0.1) is 11.8 Å². The predicted molar refractivity (Wildman–Crippen MR) is 77.3 cm³/mol. The number of nitrogens with one attached hydrogen (secondary N) is 1. The second kappa shape index (κ2) is 8.97. The van der Waals surface area contributed by atoms with Gasteiger partial charge in [0.05, 0.1) is 0 Å². The van der Waals surface area contributed by atoms with Crippen molar-refractivity contribution in [1.29, 1.82) is 0 Å². The smallest absolute Gasteiger partial charge is 0.00978 e. The highest BCUT2D eigenvalue weighted by molar-refractivity contribution is 4.81. The molecule has 1 unspecified atom stereocenters. The first-order valence-corrected chi connectivity index (χ1v) is 8.05. The molecule has 0 aliphatic heterocycles. The molecule has 0 heterocycles. The molecule has 1 rings (SSSR count). The molecule has 1 aliphatic rings. The minimum absolute atomic E-state index is 0.794. The summed E-state index contributed by atoms with van der Waals surface area (Å²) in [6.45, 7) is 8.07. The van der Waals surface area contributed by atoms with Gasteiger partial charge in [-0.2, -0.15) is 0 Å². The van der Waals surface area contributed by atoms with E-state index in [0.717, 1.165) is 24.4 Å². The lowest BCUT2D eigenvalue weighted by atomic mass is 9.84. The van der Waals surface area contributed by atoms with E-state index in [9.17, 15) is 0 Å². The van der Waals surface area contributed by atoms with E-state index in [1.165, 1.54) is 57.8 Å². The molecular weight excluding hydrogens is 206 g/mol. The lowest BCUT2D eigenvalue weighted by Gasteiger charge is -2.30. The maximum absolute atomic E-state index is 3.78. The largest absolute Gasteiger partial charge is 0.314 e. The van der Waals surface area contributed by atoms with Gasteiger partial charge in [-0.05, 0) is 37.6 Å². The average molecular weight is 239 g/mol. The zero-order chi connectivity index (χ0) is 12.5. The van der Waals surface area contributed by atoms with Gasteiger partial charge < -0.3 is 5.32 Å². The summed E-state index contributed by atoms with van der Waals surface area (Å²) in [6.07, 6.45) is 12.9. The third-order valence-electron chi connectivity index (χ3n) is 4.42. The van der Waals surface area contributed by atoms with Crippen LogP contribution in [-0.4, -0.2) is 12.6 Å². The van der Waals surface area contributed by atoms with E-state index in [1.54, 1.807) is 0 Å². The van der Waals surface area contributed by atoms with E-state index < -0.39 is 0 Å². The Balaban J connectivity index is 2.46. The van der Waals surface area contributed by atoms with Gasteiger partial charge in [-0.1, -0.05) is 59.3 Å². The van der Waals surface area contributed by atoms with E-state index in [0.29, 0.717) is 0 Å². The van der Waals surface area contributed by atoms with Gasteiger partial charge in [0.25, 0.3) is 0 Å². The molecule has 1 atom stereocenters. The molecule has 1 saturated carbocycles. The summed E-state index contributed by atoms with van der Waals surface area (Å²) in [5, 5.41) is 3.78. The molecule has 1 N–H and O–H groups in total. The maximum Gasteiger partial charge on any atom is 0.00978 e. The van der Waals surface area contributed by atoms with Crippen molar-refractivity contribution in [2.45, 2.75) is 84.6 Å². The van der Waals surface area contributed by atoms with Crippen LogP contribution in [0.15, 0.2) is 0 Å². The highest BCUT2D eigenvalue weighted by Gasteiger charge is 2.24. The summed E-state index contributed by atoms with van der Waals surface area (Å²) >= 11 is 0. The van der Waals surface area contributed by atoms with Gasteiger partial charge >= 0.3 is 0 Å².